The maximum atomic E-state index is 14.5. The number of nitrogens with zero attached hydrogens (tertiary/aromatic N) is 2. The summed E-state index contributed by atoms with van der Waals surface area (Å²) in [5, 5.41) is 11.1. The zero-order valence-electron chi connectivity index (χ0n) is 15.7. The van der Waals surface area contributed by atoms with Crippen molar-refractivity contribution in [2.75, 3.05) is 6.54 Å². The molecule has 0 aromatic heterocycles. The Morgan fingerprint density at radius 3 is 2.53 bits per heavy atom. The topological polar surface area (TPSA) is 74.5 Å². The van der Waals surface area contributed by atoms with Gasteiger partial charge in [0, 0.05) is 0 Å². The van der Waals surface area contributed by atoms with Crippen molar-refractivity contribution in [1.82, 2.24) is 5.32 Å². The molecule has 1 aliphatic heterocycles. The van der Waals surface area contributed by atoms with E-state index in [2.05, 4.69) is 10.3 Å². The van der Waals surface area contributed by atoms with Crippen LogP contribution in [0.25, 0.3) is 6.08 Å². The maximum Gasteiger partial charge on any atom is 0.420 e. The van der Waals surface area contributed by atoms with Crippen LogP contribution in [0.2, 0.25) is 0 Å². The molecule has 0 unspecified atom stereocenters. The average Bonchev–Trinajstić information content (AvgIpc) is 3.07. The molecular weight excluding hydrogens is 460 g/mol. The molecule has 3 rings (SSSR count). The number of benzene rings is 2. The summed E-state index contributed by atoms with van der Waals surface area (Å²) in [5.74, 6) is -2.92. The van der Waals surface area contributed by atoms with Crippen molar-refractivity contribution < 1.29 is 35.9 Å². The third kappa shape index (κ3) is 5.61. The van der Waals surface area contributed by atoms with E-state index in [0.29, 0.717) is 6.07 Å². The smallest absolute Gasteiger partial charge is 0.420 e. The van der Waals surface area contributed by atoms with Crippen LogP contribution >= 0.6 is 11.8 Å². The molecule has 0 fully saturated rings. The van der Waals surface area contributed by atoms with Crippen molar-refractivity contribution in [3.05, 3.63) is 63.8 Å². The Labute approximate surface area is 181 Å². The van der Waals surface area contributed by atoms with Crippen LogP contribution in [-0.4, -0.2) is 24.0 Å². The van der Waals surface area contributed by atoms with E-state index in [1.54, 1.807) is 6.07 Å². The van der Waals surface area contributed by atoms with E-state index < -0.39 is 47.9 Å². The number of aliphatic imine (C=N–C) groups is 1. The lowest BCUT2D eigenvalue weighted by Crippen LogP contribution is -2.25. The molecule has 1 amide bonds. The van der Waals surface area contributed by atoms with E-state index in [9.17, 15) is 31.1 Å². The third-order valence-electron chi connectivity index (χ3n) is 3.92. The lowest BCUT2D eigenvalue weighted by molar-refractivity contribution is -0.138. The molecule has 12 heteroatoms. The van der Waals surface area contributed by atoms with Crippen molar-refractivity contribution in [2.45, 2.75) is 12.6 Å². The fraction of sp³-hybridized carbons (Fsp3) is 0.150. The summed E-state index contributed by atoms with van der Waals surface area (Å²) in [4.78, 5) is 15.5. The number of rotatable bonds is 5. The minimum absolute atomic E-state index is 0.0255. The van der Waals surface area contributed by atoms with Crippen LogP contribution in [0, 0.1) is 17.1 Å². The molecule has 0 aliphatic carbocycles. The van der Waals surface area contributed by atoms with Crippen LogP contribution in [0.3, 0.4) is 0 Å². The number of carbonyl (C=O) groups excluding carboxylic acids is 1. The normalized spacial score (nSPS) is 15.1. The van der Waals surface area contributed by atoms with Crippen LogP contribution < -0.4 is 10.1 Å². The van der Waals surface area contributed by atoms with Crippen molar-refractivity contribution in [1.29, 1.82) is 5.26 Å². The van der Waals surface area contributed by atoms with E-state index in [1.807, 2.05) is 0 Å². The number of amidine groups is 1. The number of thioether (sulfide) groups is 1. The monoisotopic (exact) mass is 471 g/mol. The van der Waals surface area contributed by atoms with Gasteiger partial charge in [0.25, 0.3) is 12.3 Å². The Balaban J connectivity index is 1.80. The first-order chi connectivity index (χ1) is 15.1. The van der Waals surface area contributed by atoms with Crippen LogP contribution in [0.15, 0.2) is 46.3 Å². The Hall–Kier alpha value is -3.46. The number of nitrogens with one attached hydrogen (secondary N) is 1. The number of hydrogen-bond donors (Lipinski definition) is 1. The van der Waals surface area contributed by atoms with E-state index in [1.165, 1.54) is 12.1 Å². The van der Waals surface area contributed by atoms with Crippen LogP contribution in [0.4, 0.5) is 26.3 Å². The van der Waals surface area contributed by atoms with Gasteiger partial charge in [0.2, 0.25) is 0 Å². The van der Waals surface area contributed by atoms with Gasteiger partial charge in [-0.25, -0.2) is 13.2 Å². The quantitative estimate of drug-likeness (QED) is 0.471. The summed E-state index contributed by atoms with van der Waals surface area (Å²) in [6.07, 6.45) is -6.22. The zero-order valence-corrected chi connectivity index (χ0v) is 16.5. The Kier molecular flexibility index (Phi) is 6.78. The second-order valence-electron chi connectivity index (χ2n) is 6.22. The van der Waals surface area contributed by atoms with Gasteiger partial charge in [0.05, 0.1) is 28.6 Å². The first-order valence-electron chi connectivity index (χ1n) is 8.70. The number of nitriles is 1. The Morgan fingerprint density at radius 2 is 1.91 bits per heavy atom. The Morgan fingerprint density at radius 1 is 1.19 bits per heavy atom. The first kappa shape index (κ1) is 23.2. The molecule has 0 atom stereocenters. The number of amides is 1. The summed E-state index contributed by atoms with van der Waals surface area (Å²) in [5.41, 5.74) is -1.31. The highest BCUT2D eigenvalue weighted by molar-refractivity contribution is 8.18. The molecule has 32 heavy (non-hydrogen) atoms. The molecule has 0 radical (unpaired) electrons. The zero-order chi connectivity index (χ0) is 23.5. The molecule has 2 aromatic rings. The summed E-state index contributed by atoms with van der Waals surface area (Å²) in [7, 11) is 0. The minimum atomic E-state index is -4.83. The molecule has 1 N–H and O–H groups in total. The molecule has 0 bridgehead atoms. The van der Waals surface area contributed by atoms with Gasteiger partial charge in [-0.3, -0.25) is 4.79 Å². The van der Waals surface area contributed by atoms with E-state index >= 15 is 0 Å². The van der Waals surface area contributed by atoms with Gasteiger partial charge in [-0.05, 0) is 53.7 Å². The van der Waals surface area contributed by atoms with E-state index in [4.69, 9.17) is 10.00 Å². The van der Waals surface area contributed by atoms with Gasteiger partial charge in [-0.1, -0.05) is 6.07 Å². The summed E-state index contributed by atoms with van der Waals surface area (Å²) < 4.78 is 83.8. The predicted molar refractivity (Wildman–Crippen MR) is 105 cm³/mol. The van der Waals surface area contributed by atoms with Gasteiger partial charge >= 0.3 is 6.18 Å². The molecule has 1 heterocycles. The summed E-state index contributed by atoms with van der Waals surface area (Å²) >= 11 is 0.788. The van der Waals surface area contributed by atoms with E-state index in [-0.39, 0.29) is 21.2 Å². The van der Waals surface area contributed by atoms with Gasteiger partial charge in [0.15, 0.2) is 16.7 Å². The van der Waals surface area contributed by atoms with Crippen LogP contribution in [0.1, 0.15) is 16.7 Å². The molecule has 5 nitrogen and oxygen atoms in total. The molecule has 0 saturated carbocycles. The maximum absolute atomic E-state index is 14.5. The highest BCUT2D eigenvalue weighted by Gasteiger charge is 2.35. The van der Waals surface area contributed by atoms with Gasteiger partial charge in [-0.15, -0.1) is 0 Å². The molecule has 0 spiro atoms. The molecular formula is C20H11F6N3O2S. The Bertz CT molecular complexity index is 1150. The molecule has 2 aromatic carbocycles. The standard InChI is InChI=1S/C20H11F6N3O2S/c21-13-6-10(7-16-18(30)29-19(32-16)28-9-17(22)23)1-4-15(13)31-14-3-2-11(8-27)5-12(14)20(24,25)26/h1-7,17H,9H2,(H,28,29,30)/b16-7+. The molecule has 0 saturated heterocycles. The van der Waals surface area contributed by atoms with Gasteiger partial charge in [-0.2, -0.15) is 23.4 Å². The summed E-state index contributed by atoms with van der Waals surface area (Å²) in [6, 6.07) is 7.48. The second-order valence-corrected chi connectivity index (χ2v) is 7.25. The number of alkyl halides is 5. The van der Waals surface area contributed by atoms with E-state index in [0.717, 1.165) is 36.0 Å². The first-order valence-corrected chi connectivity index (χ1v) is 9.52. The predicted octanol–water partition coefficient (Wildman–Crippen LogP) is 5.33. The van der Waals surface area contributed by atoms with Crippen molar-refractivity contribution in [2.24, 2.45) is 4.99 Å². The lowest BCUT2D eigenvalue weighted by Gasteiger charge is -2.14. The SMILES string of the molecule is N#Cc1ccc(Oc2ccc(/C=C3/SC(NCC(F)F)=NC3=O)cc2F)c(C(F)(F)F)c1. The number of halogens is 6. The summed E-state index contributed by atoms with van der Waals surface area (Å²) in [6.45, 7) is -0.692. The van der Waals surface area contributed by atoms with Crippen LogP contribution in [0.5, 0.6) is 11.5 Å². The van der Waals surface area contributed by atoms with Crippen molar-refractivity contribution >= 4 is 28.9 Å². The minimum Gasteiger partial charge on any atom is -0.454 e. The van der Waals surface area contributed by atoms with Gasteiger partial charge in [0.1, 0.15) is 5.75 Å². The molecule has 166 valence electrons. The highest BCUT2D eigenvalue weighted by atomic mass is 32.2. The number of hydrogen-bond acceptors (Lipinski definition) is 5. The fourth-order valence-electron chi connectivity index (χ4n) is 2.52. The fourth-order valence-corrected chi connectivity index (χ4v) is 3.34. The second kappa shape index (κ2) is 9.35. The largest absolute Gasteiger partial charge is 0.454 e. The van der Waals surface area contributed by atoms with Crippen molar-refractivity contribution in [3.63, 3.8) is 0 Å². The van der Waals surface area contributed by atoms with Crippen molar-refractivity contribution in [3.8, 4) is 17.6 Å². The lowest BCUT2D eigenvalue weighted by atomic mass is 10.1. The number of ether oxygens (including phenoxy) is 1. The van der Waals surface area contributed by atoms with Crippen LogP contribution in [-0.2, 0) is 11.0 Å². The van der Waals surface area contributed by atoms with Gasteiger partial charge < -0.3 is 10.1 Å². The average molecular weight is 471 g/mol. The third-order valence-corrected chi connectivity index (χ3v) is 4.86. The highest BCUT2D eigenvalue weighted by Crippen LogP contribution is 2.39. The molecule has 1 aliphatic rings. The number of carbonyl (C=O) groups is 1.